The van der Waals surface area contributed by atoms with E-state index in [2.05, 4.69) is 48.5 Å². The van der Waals surface area contributed by atoms with Crippen molar-refractivity contribution in [1.29, 1.82) is 0 Å². The van der Waals surface area contributed by atoms with Gasteiger partial charge < -0.3 is 20.8 Å². The van der Waals surface area contributed by atoms with Crippen molar-refractivity contribution in [2.24, 2.45) is 0 Å². The molecule has 175 valence electrons. The van der Waals surface area contributed by atoms with E-state index in [1.165, 1.54) is 5.92 Å². The summed E-state index contributed by atoms with van der Waals surface area (Å²) < 4.78 is 0. The number of anilines is 1. The van der Waals surface area contributed by atoms with Crippen LogP contribution in [0.1, 0.15) is 59.9 Å². The molecule has 1 aromatic heterocycles. The number of benzene rings is 2. The van der Waals surface area contributed by atoms with Crippen LogP contribution in [0.2, 0.25) is 0 Å². The van der Waals surface area contributed by atoms with Gasteiger partial charge >= 0.3 is 0 Å². The van der Waals surface area contributed by atoms with Crippen molar-refractivity contribution in [3.63, 3.8) is 0 Å². The minimum Gasteiger partial charge on any atom is -0.508 e. The van der Waals surface area contributed by atoms with Gasteiger partial charge in [0.1, 0.15) is 17.3 Å². The molecule has 6 heteroatoms. The molecule has 0 atom stereocenters. The highest BCUT2D eigenvalue weighted by molar-refractivity contribution is 5.94. The first-order chi connectivity index (χ1) is 15.4. The molecule has 0 saturated carbocycles. The van der Waals surface area contributed by atoms with Crippen LogP contribution in [0.15, 0.2) is 36.4 Å². The number of aromatic hydroxyl groups is 2. The van der Waals surface area contributed by atoms with Gasteiger partial charge in [0.25, 0.3) is 0 Å². The Labute approximate surface area is 196 Å². The SMILES string of the molecule is C[C](C)Cc1c(O)c(-c2ccc(NC3CC(C)(C)NC(C)(C)C3)nn2)cc2ccc(O)cc12. The molecule has 0 amide bonds. The number of aromatic nitrogens is 2. The van der Waals surface area contributed by atoms with Gasteiger partial charge in [0.15, 0.2) is 0 Å². The summed E-state index contributed by atoms with van der Waals surface area (Å²) >= 11 is 0. The van der Waals surface area contributed by atoms with E-state index in [1.54, 1.807) is 12.1 Å². The largest absolute Gasteiger partial charge is 0.508 e. The highest BCUT2D eigenvalue weighted by Gasteiger charge is 2.37. The fourth-order valence-corrected chi connectivity index (χ4v) is 5.36. The molecule has 1 fully saturated rings. The minimum absolute atomic E-state index is 0.0446. The molecule has 0 unspecified atom stereocenters. The predicted octanol–water partition coefficient (Wildman–Crippen LogP) is 5.59. The topological polar surface area (TPSA) is 90.3 Å². The van der Waals surface area contributed by atoms with Crippen LogP contribution < -0.4 is 10.6 Å². The lowest BCUT2D eigenvalue weighted by Crippen LogP contribution is -2.60. The van der Waals surface area contributed by atoms with E-state index in [0.717, 1.165) is 35.0 Å². The maximum atomic E-state index is 11.1. The summed E-state index contributed by atoms with van der Waals surface area (Å²) in [6.07, 6.45) is 2.61. The zero-order chi connectivity index (χ0) is 24.0. The molecular weight excluding hydrogens is 412 g/mol. The second-order valence-corrected chi connectivity index (χ2v) is 11.0. The maximum absolute atomic E-state index is 11.1. The predicted molar refractivity (Wildman–Crippen MR) is 135 cm³/mol. The van der Waals surface area contributed by atoms with E-state index in [-0.39, 0.29) is 22.6 Å². The lowest BCUT2D eigenvalue weighted by atomic mass is 9.79. The lowest BCUT2D eigenvalue weighted by molar-refractivity contribution is 0.170. The molecule has 0 bridgehead atoms. The van der Waals surface area contributed by atoms with Crippen molar-refractivity contribution < 1.29 is 10.2 Å². The average Bonchev–Trinajstić information content (AvgIpc) is 2.68. The number of nitrogens with zero attached hydrogens (tertiary/aromatic N) is 2. The van der Waals surface area contributed by atoms with E-state index < -0.39 is 0 Å². The number of fused-ring (bicyclic) bond motifs is 1. The van der Waals surface area contributed by atoms with Gasteiger partial charge in [-0.15, -0.1) is 10.2 Å². The summed E-state index contributed by atoms with van der Waals surface area (Å²) in [5.41, 5.74) is 2.15. The van der Waals surface area contributed by atoms with Gasteiger partial charge in [0.05, 0.1) is 5.69 Å². The molecule has 1 aliphatic rings. The Hall–Kier alpha value is -2.86. The molecule has 6 nitrogen and oxygen atoms in total. The summed E-state index contributed by atoms with van der Waals surface area (Å²) in [6.45, 7) is 13.0. The van der Waals surface area contributed by atoms with Crippen LogP contribution in [0, 0.1) is 5.92 Å². The minimum atomic E-state index is 0.0446. The van der Waals surface area contributed by atoms with Crippen molar-refractivity contribution >= 4 is 16.6 Å². The third-order valence-corrected chi connectivity index (χ3v) is 6.22. The van der Waals surface area contributed by atoms with Crippen molar-refractivity contribution in [3.8, 4) is 22.8 Å². The molecule has 1 aliphatic heterocycles. The number of hydrogen-bond acceptors (Lipinski definition) is 6. The first kappa shape index (κ1) is 23.3. The van der Waals surface area contributed by atoms with Crippen molar-refractivity contribution in [1.82, 2.24) is 15.5 Å². The Morgan fingerprint density at radius 1 is 1.00 bits per heavy atom. The molecule has 3 aromatic rings. The highest BCUT2D eigenvalue weighted by atomic mass is 16.3. The fourth-order valence-electron chi connectivity index (χ4n) is 5.36. The Morgan fingerprint density at radius 2 is 1.70 bits per heavy atom. The van der Waals surface area contributed by atoms with Crippen LogP contribution in [0.4, 0.5) is 5.82 Å². The molecule has 33 heavy (non-hydrogen) atoms. The molecule has 2 aromatic carbocycles. The van der Waals surface area contributed by atoms with Gasteiger partial charge in [-0.3, -0.25) is 0 Å². The third-order valence-electron chi connectivity index (χ3n) is 6.22. The Kier molecular flexibility index (Phi) is 5.99. The monoisotopic (exact) mass is 447 g/mol. The number of hydrogen-bond donors (Lipinski definition) is 4. The second kappa shape index (κ2) is 8.49. The van der Waals surface area contributed by atoms with Gasteiger partial charge in [0.2, 0.25) is 0 Å². The molecule has 4 N–H and O–H groups in total. The molecular formula is C27H35N4O2. The van der Waals surface area contributed by atoms with Crippen molar-refractivity contribution in [2.75, 3.05) is 5.32 Å². The van der Waals surface area contributed by atoms with Gasteiger partial charge in [-0.1, -0.05) is 19.9 Å². The van der Waals surface area contributed by atoms with Crippen LogP contribution >= 0.6 is 0 Å². The van der Waals surface area contributed by atoms with Gasteiger partial charge in [-0.2, -0.15) is 0 Å². The summed E-state index contributed by atoms with van der Waals surface area (Å²) in [5.74, 6) is 2.28. The number of phenols is 2. The van der Waals surface area contributed by atoms with E-state index in [1.807, 2.05) is 38.1 Å². The third kappa shape index (κ3) is 5.22. The van der Waals surface area contributed by atoms with E-state index >= 15 is 0 Å². The van der Waals surface area contributed by atoms with Crippen molar-refractivity contribution in [2.45, 2.75) is 77.9 Å². The van der Waals surface area contributed by atoms with E-state index in [9.17, 15) is 10.2 Å². The highest BCUT2D eigenvalue weighted by Crippen LogP contribution is 2.39. The zero-order valence-electron chi connectivity index (χ0n) is 20.5. The van der Waals surface area contributed by atoms with Crippen LogP contribution in [0.25, 0.3) is 22.0 Å². The van der Waals surface area contributed by atoms with Crippen LogP contribution in [0.3, 0.4) is 0 Å². The molecule has 0 aliphatic carbocycles. The Bertz CT molecular complexity index is 1140. The molecule has 2 heterocycles. The maximum Gasteiger partial charge on any atom is 0.148 e. The standard InChI is InChI=1S/C27H35N4O2/c1-16(2)11-21-20-13-19(32)8-7-17(20)12-22(25(21)33)23-9-10-24(30-29-23)28-18-14-26(3,4)31-27(5,6)15-18/h7-10,12-13,18,31-33H,11,14-15H2,1-6H3,(H,28,30). The second-order valence-electron chi connectivity index (χ2n) is 11.0. The van der Waals surface area contributed by atoms with Crippen LogP contribution in [-0.2, 0) is 6.42 Å². The van der Waals surface area contributed by atoms with Gasteiger partial charge in [-0.05, 0) is 94.0 Å². The molecule has 1 saturated heterocycles. The number of rotatable bonds is 5. The lowest BCUT2D eigenvalue weighted by Gasteiger charge is -2.46. The number of piperidine rings is 1. The van der Waals surface area contributed by atoms with Crippen LogP contribution in [-0.4, -0.2) is 37.5 Å². The van der Waals surface area contributed by atoms with E-state index in [0.29, 0.717) is 23.7 Å². The Morgan fingerprint density at radius 3 is 2.30 bits per heavy atom. The van der Waals surface area contributed by atoms with Crippen molar-refractivity contribution in [3.05, 3.63) is 47.9 Å². The fraction of sp³-hybridized carbons (Fsp3) is 0.444. The van der Waals surface area contributed by atoms with Crippen LogP contribution in [0.5, 0.6) is 11.5 Å². The molecule has 0 spiro atoms. The Balaban J connectivity index is 1.64. The van der Waals surface area contributed by atoms with E-state index in [4.69, 9.17) is 0 Å². The first-order valence-corrected chi connectivity index (χ1v) is 11.6. The smallest absolute Gasteiger partial charge is 0.148 e. The van der Waals surface area contributed by atoms with Gasteiger partial charge in [0, 0.05) is 28.2 Å². The number of phenolic OH excluding ortho intramolecular Hbond substituents is 2. The summed E-state index contributed by atoms with van der Waals surface area (Å²) in [4.78, 5) is 0. The first-order valence-electron chi connectivity index (χ1n) is 11.6. The quantitative estimate of drug-likeness (QED) is 0.408. The normalized spacial score (nSPS) is 18.0. The summed E-state index contributed by atoms with van der Waals surface area (Å²) in [6, 6.07) is 11.3. The zero-order valence-corrected chi connectivity index (χ0v) is 20.5. The molecule has 1 radical (unpaired) electrons. The van der Waals surface area contributed by atoms with Gasteiger partial charge in [-0.25, -0.2) is 0 Å². The average molecular weight is 448 g/mol. The summed E-state index contributed by atoms with van der Waals surface area (Å²) in [7, 11) is 0. The summed E-state index contributed by atoms with van der Waals surface area (Å²) in [5, 5.41) is 39.0. The molecule has 4 rings (SSSR count). The number of nitrogens with one attached hydrogen (secondary N) is 2.